The highest BCUT2D eigenvalue weighted by molar-refractivity contribution is 5.80. The summed E-state index contributed by atoms with van der Waals surface area (Å²) in [4.78, 5) is 37.2. The topological polar surface area (TPSA) is 105 Å². The molecule has 0 aromatic heterocycles. The van der Waals surface area contributed by atoms with Crippen molar-refractivity contribution in [2.45, 2.75) is 58.3 Å². The van der Waals surface area contributed by atoms with Gasteiger partial charge in [-0.15, -0.1) is 0 Å². The van der Waals surface area contributed by atoms with Gasteiger partial charge in [0.25, 0.3) is 0 Å². The molecule has 1 saturated heterocycles. The van der Waals surface area contributed by atoms with Gasteiger partial charge in [0, 0.05) is 13.1 Å². The second-order valence-electron chi connectivity index (χ2n) is 8.24. The van der Waals surface area contributed by atoms with Gasteiger partial charge >= 0.3 is 18.2 Å². The third kappa shape index (κ3) is 8.01. The van der Waals surface area contributed by atoms with Crippen LogP contribution in [0.4, 0.5) is 9.59 Å². The van der Waals surface area contributed by atoms with Gasteiger partial charge in [-0.2, -0.15) is 0 Å². The number of carboxylic acid groups (broad SMARTS) is 1. The molecule has 1 aromatic carbocycles. The number of benzene rings is 1. The van der Waals surface area contributed by atoms with Crippen molar-refractivity contribution >= 4 is 18.2 Å². The number of alkyl carbamates (subject to hydrolysis) is 1. The van der Waals surface area contributed by atoms with Crippen molar-refractivity contribution in [3.8, 4) is 0 Å². The maximum atomic E-state index is 12.2. The van der Waals surface area contributed by atoms with E-state index in [-0.39, 0.29) is 18.6 Å². The van der Waals surface area contributed by atoms with E-state index in [2.05, 4.69) is 5.32 Å². The second-order valence-corrected chi connectivity index (χ2v) is 8.24. The van der Waals surface area contributed by atoms with Crippen molar-refractivity contribution < 1.29 is 29.0 Å². The molecule has 1 atom stereocenters. The molecule has 0 radical (unpaired) electrons. The van der Waals surface area contributed by atoms with Crippen LogP contribution in [0.3, 0.4) is 0 Å². The molecule has 1 aromatic rings. The minimum Gasteiger partial charge on any atom is -0.480 e. The van der Waals surface area contributed by atoms with E-state index in [0.717, 1.165) is 5.56 Å². The van der Waals surface area contributed by atoms with Gasteiger partial charge in [-0.1, -0.05) is 30.3 Å². The SMILES string of the molecule is CC(C)(C)OC(=O)NC(CC1CCN(C(=O)OCc2ccccc2)CC1)C(=O)O. The molecule has 29 heavy (non-hydrogen) atoms. The fraction of sp³-hybridized carbons (Fsp3) is 0.571. The number of carbonyl (C=O) groups excluding carboxylic acids is 2. The summed E-state index contributed by atoms with van der Waals surface area (Å²) in [6, 6.07) is 8.44. The highest BCUT2D eigenvalue weighted by Crippen LogP contribution is 2.23. The molecule has 2 rings (SSSR count). The Bertz CT molecular complexity index is 693. The number of likely N-dealkylation sites (tertiary alicyclic amines) is 1. The van der Waals surface area contributed by atoms with Crippen LogP contribution >= 0.6 is 0 Å². The number of piperidine rings is 1. The van der Waals surface area contributed by atoms with Crippen molar-refractivity contribution in [3.05, 3.63) is 35.9 Å². The maximum Gasteiger partial charge on any atom is 0.410 e. The quantitative estimate of drug-likeness (QED) is 0.750. The van der Waals surface area contributed by atoms with Crippen molar-refractivity contribution in [1.29, 1.82) is 0 Å². The molecular weight excluding hydrogens is 376 g/mol. The molecule has 2 N–H and O–H groups in total. The summed E-state index contributed by atoms with van der Waals surface area (Å²) in [5.74, 6) is -1.01. The zero-order chi connectivity index (χ0) is 21.4. The van der Waals surface area contributed by atoms with Crippen LogP contribution in [0.2, 0.25) is 0 Å². The van der Waals surface area contributed by atoms with E-state index in [4.69, 9.17) is 9.47 Å². The van der Waals surface area contributed by atoms with Gasteiger partial charge in [-0.05, 0) is 51.5 Å². The first-order chi connectivity index (χ1) is 13.6. The molecule has 0 saturated carbocycles. The number of carboxylic acids is 1. The number of amides is 2. The van der Waals surface area contributed by atoms with Crippen LogP contribution in [0.25, 0.3) is 0 Å². The average Bonchev–Trinajstić information content (AvgIpc) is 2.65. The van der Waals surface area contributed by atoms with E-state index in [1.165, 1.54) is 0 Å². The van der Waals surface area contributed by atoms with E-state index < -0.39 is 23.7 Å². The number of ether oxygens (including phenoxy) is 2. The van der Waals surface area contributed by atoms with Crippen LogP contribution in [-0.2, 0) is 20.9 Å². The Labute approximate surface area is 171 Å². The predicted molar refractivity (Wildman–Crippen MR) is 106 cm³/mol. The van der Waals surface area contributed by atoms with Gasteiger partial charge in [-0.3, -0.25) is 0 Å². The normalized spacial score (nSPS) is 16.0. The third-order valence-electron chi connectivity index (χ3n) is 4.64. The molecule has 1 unspecified atom stereocenters. The summed E-state index contributed by atoms with van der Waals surface area (Å²) in [5, 5.41) is 11.8. The Hall–Kier alpha value is -2.77. The van der Waals surface area contributed by atoms with Gasteiger partial charge in [0.05, 0.1) is 0 Å². The Morgan fingerprint density at radius 2 is 1.79 bits per heavy atom. The predicted octanol–water partition coefficient (Wildman–Crippen LogP) is 3.40. The molecule has 0 spiro atoms. The minimum absolute atomic E-state index is 0.0872. The van der Waals surface area contributed by atoms with E-state index in [9.17, 15) is 19.5 Å². The number of hydrogen-bond donors (Lipinski definition) is 2. The monoisotopic (exact) mass is 406 g/mol. The van der Waals surface area contributed by atoms with Crippen molar-refractivity contribution in [2.24, 2.45) is 5.92 Å². The highest BCUT2D eigenvalue weighted by atomic mass is 16.6. The zero-order valence-corrected chi connectivity index (χ0v) is 17.2. The Kier molecular flexibility index (Phi) is 7.87. The molecule has 8 heteroatoms. The van der Waals surface area contributed by atoms with Gasteiger partial charge in [-0.25, -0.2) is 14.4 Å². The summed E-state index contributed by atoms with van der Waals surface area (Å²) in [6.07, 6.45) is 0.489. The fourth-order valence-electron chi connectivity index (χ4n) is 3.17. The number of aliphatic carboxylic acids is 1. The molecule has 0 bridgehead atoms. The summed E-state index contributed by atoms with van der Waals surface area (Å²) < 4.78 is 10.5. The molecule has 1 aliphatic rings. The Morgan fingerprint density at radius 3 is 2.34 bits per heavy atom. The number of carbonyl (C=O) groups is 3. The van der Waals surface area contributed by atoms with Crippen molar-refractivity contribution in [3.63, 3.8) is 0 Å². The van der Waals surface area contributed by atoms with E-state index in [0.29, 0.717) is 32.4 Å². The first-order valence-electron chi connectivity index (χ1n) is 9.82. The molecule has 1 fully saturated rings. The van der Waals surface area contributed by atoms with Crippen LogP contribution in [0.15, 0.2) is 30.3 Å². The fourth-order valence-corrected chi connectivity index (χ4v) is 3.17. The van der Waals surface area contributed by atoms with Crippen LogP contribution in [0.1, 0.15) is 45.6 Å². The minimum atomic E-state index is -1.10. The average molecular weight is 406 g/mol. The lowest BCUT2D eigenvalue weighted by atomic mass is 9.90. The molecular formula is C21H30N2O6. The summed E-state index contributed by atoms with van der Waals surface area (Å²) in [7, 11) is 0. The lowest BCUT2D eigenvalue weighted by Gasteiger charge is -2.32. The second kappa shape index (κ2) is 10.1. The molecule has 0 aliphatic carbocycles. The first-order valence-corrected chi connectivity index (χ1v) is 9.82. The Morgan fingerprint density at radius 1 is 1.17 bits per heavy atom. The molecule has 160 valence electrons. The zero-order valence-electron chi connectivity index (χ0n) is 17.2. The van der Waals surface area contributed by atoms with Crippen molar-refractivity contribution in [1.82, 2.24) is 10.2 Å². The number of nitrogens with zero attached hydrogens (tertiary/aromatic N) is 1. The third-order valence-corrected chi connectivity index (χ3v) is 4.64. The summed E-state index contributed by atoms with van der Waals surface area (Å²) in [5.41, 5.74) is 0.228. The number of hydrogen-bond acceptors (Lipinski definition) is 5. The first kappa shape index (κ1) is 22.5. The lowest BCUT2D eigenvalue weighted by Crippen LogP contribution is -2.46. The van der Waals surface area contributed by atoms with E-state index >= 15 is 0 Å². The molecule has 1 aliphatic heterocycles. The number of nitrogens with one attached hydrogen (secondary N) is 1. The van der Waals surface area contributed by atoms with Crippen LogP contribution in [-0.4, -0.2) is 52.9 Å². The van der Waals surface area contributed by atoms with E-state index in [1.807, 2.05) is 30.3 Å². The highest BCUT2D eigenvalue weighted by Gasteiger charge is 2.30. The lowest BCUT2D eigenvalue weighted by molar-refractivity contribution is -0.140. The van der Waals surface area contributed by atoms with Crippen LogP contribution in [0.5, 0.6) is 0 Å². The summed E-state index contributed by atoms with van der Waals surface area (Å²) >= 11 is 0. The van der Waals surface area contributed by atoms with Gasteiger partial charge in [0.15, 0.2) is 0 Å². The van der Waals surface area contributed by atoms with Crippen molar-refractivity contribution in [2.75, 3.05) is 13.1 Å². The molecule has 1 heterocycles. The van der Waals surface area contributed by atoms with Gasteiger partial charge < -0.3 is 24.8 Å². The van der Waals surface area contributed by atoms with Gasteiger partial charge in [0.2, 0.25) is 0 Å². The van der Waals surface area contributed by atoms with E-state index in [1.54, 1.807) is 25.7 Å². The number of rotatable bonds is 6. The van der Waals surface area contributed by atoms with Crippen LogP contribution < -0.4 is 5.32 Å². The smallest absolute Gasteiger partial charge is 0.410 e. The Balaban J connectivity index is 1.77. The summed E-state index contributed by atoms with van der Waals surface area (Å²) in [6.45, 7) is 6.37. The van der Waals surface area contributed by atoms with Gasteiger partial charge in [0.1, 0.15) is 18.2 Å². The maximum absolute atomic E-state index is 12.2. The van der Waals surface area contributed by atoms with Crippen LogP contribution in [0, 0.1) is 5.92 Å². The molecule has 2 amide bonds. The largest absolute Gasteiger partial charge is 0.480 e. The molecule has 8 nitrogen and oxygen atoms in total. The standard InChI is InChI=1S/C21H30N2O6/c1-21(2,3)29-19(26)22-17(18(24)25)13-15-9-11-23(12-10-15)20(27)28-14-16-7-5-4-6-8-16/h4-8,15,17H,9-14H2,1-3H3,(H,22,26)(H,24,25).